The number of carboxylic acid groups (broad SMARTS) is 1. The van der Waals surface area contributed by atoms with Crippen molar-refractivity contribution in [2.75, 3.05) is 0 Å². The number of rotatable bonds is 2. The van der Waals surface area contributed by atoms with E-state index in [1.807, 2.05) is 36.4 Å². The van der Waals surface area contributed by atoms with Crippen LogP contribution in [-0.4, -0.2) is 11.1 Å². The molecule has 0 bridgehead atoms. The molecular weight excluding hydrogens is 260 g/mol. The normalized spacial score (nSPS) is 15.7. The lowest BCUT2D eigenvalue weighted by Crippen LogP contribution is -2.01. The molecule has 0 aromatic heterocycles. The van der Waals surface area contributed by atoms with Crippen LogP contribution in [0.25, 0.3) is 11.1 Å². The molecule has 102 valence electrons. The van der Waals surface area contributed by atoms with Gasteiger partial charge in [0, 0.05) is 0 Å². The Morgan fingerprint density at radius 3 is 2.33 bits per heavy atom. The predicted molar refractivity (Wildman–Crippen MR) is 82.8 cm³/mol. The largest absolute Gasteiger partial charge is 0.478 e. The summed E-state index contributed by atoms with van der Waals surface area (Å²) in [5.41, 5.74) is 6.95. The van der Waals surface area contributed by atoms with Crippen LogP contribution in [0.5, 0.6) is 0 Å². The van der Waals surface area contributed by atoms with Gasteiger partial charge in [-0.15, -0.1) is 0 Å². The number of carboxylic acids is 1. The predicted octanol–water partition coefficient (Wildman–Crippen LogP) is 3.72. The van der Waals surface area contributed by atoms with Crippen molar-refractivity contribution in [3.63, 3.8) is 0 Å². The maximum absolute atomic E-state index is 11.8. The first-order valence-corrected chi connectivity index (χ1v) is 7.09. The lowest BCUT2D eigenvalue weighted by Gasteiger charge is -2.08. The maximum Gasteiger partial charge on any atom is 0.336 e. The third-order valence-corrected chi connectivity index (χ3v) is 4.33. The average molecular weight is 274 g/mol. The molecule has 2 aliphatic rings. The number of hydrogen-bond donors (Lipinski definition) is 1. The van der Waals surface area contributed by atoms with Crippen molar-refractivity contribution in [2.24, 2.45) is 0 Å². The highest BCUT2D eigenvalue weighted by atomic mass is 16.4. The number of allylic oxidation sites excluding steroid dienone is 3. The van der Waals surface area contributed by atoms with Crippen molar-refractivity contribution >= 4 is 17.1 Å². The molecule has 2 aliphatic carbocycles. The van der Waals surface area contributed by atoms with Crippen LogP contribution in [0.4, 0.5) is 0 Å². The van der Waals surface area contributed by atoms with E-state index in [1.165, 1.54) is 11.1 Å². The fourth-order valence-electron chi connectivity index (χ4n) is 3.40. The van der Waals surface area contributed by atoms with E-state index < -0.39 is 5.97 Å². The third-order valence-electron chi connectivity index (χ3n) is 4.33. The summed E-state index contributed by atoms with van der Waals surface area (Å²) in [6.07, 6.45) is 3.76. The van der Waals surface area contributed by atoms with E-state index in [1.54, 1.807) is 0 Å². The first kappa shape index (κ1) is 12.2. The standard InChI is InChI=1S/C19H14O2/c20-19(21)18-15-8-4-2-6-13(15)11-17(18)16-10-9-12-5-1-3-7-14(12)16/h1-8,10H,9,11H2,(H,20,21). The molecular formula is C19H14O2. The molecule has 0 spiro atoms. The van der Waals surface area contributed by atoms with Gasteiger partial charge >= 0.3 is 5.97 Å². The van der Waals surface area contributed by atoms with Gasteiger partial charge in [-0.1, -0.05) is 54.6 Å². The number of carbonyl (C=O) groups is 1. The fourth-order valence-corrected chi connectivity index (χ4v) is 3.40. The van der Waals surface area contributed by atoms with E-state index in [4.69, 9.17) is 0 Å². The minimum atomic E-state index is -0.833. The second-order valence-corrected chi connectivity index (χ2v) is 5.47. The Bertz CT molecular complexity index is 825. The summed E-state index contributed by atoms with van der Waals surface area (Å²) in [6, 6.07) is 16.1. The van der Waals surface area contributed by atoms with Crippen LogP contribution in [0.1, 0.15) is 22.3 Å². The average Bonchev–Trinajstić information content (AvgIpc) is 3.08. The Morgan fingerprint density at radius 2 is 1.57 bits per heavy atom. The molecule has 0 atom stereocenters. The lowest BCUT2D eigenvalue weighted by atomic mass is 9.95. The first-order chi connectivity index (χ1) is 10.3. The number of fused-ring (bicyclic) bond motifs is 2. The first-order valence-electron chi connectivity index (χ1n) is 7.09. The highest BCUT2D eigenvalue weighted by molar-refractivity contribution is 6.21. The molecule has 0 heterocycles. The smallest absolute Gasteiger partial charge is 0.336 e. The number of benzene rings is 2. The Labute approximate surface area is 123 Å². The van der Waals surface area contributed by atoms with Crippen LogP contribution in [-0.2, 0) is 17.6 Å². The van der Waals surface area contributed by atoms with Gasteiger partial charge in [0.05, 0.1) is 5.57 Å². The minimum Gasteiger partial charge on any atom is -0.478 e. The molecule has 0 saturated carbocycles. The van der Waals surface area contributed by atoms with Crippen LogP contribution in [0, 0.1) is 0 Å². The van der Waals surface area contributed by atoms with E-state index >= 15 is 0 Å². The van der Waals surface area contributed by atoms with E-state index in [0.29, 0.717) is 12.0 Å². The van der Waals surface area contributed by atoms with Gasteiger partial charge in [-0.05, 0) is 46.2 Å². The molecule has 2 heteroatoms. The summed E-state index contributed by atoms with van der Waals surface area (Å²) in [7, 11) is 0. The van der Waals surface area contributed by atoms with E-state index in [2.05, 4.69) is 18.2 Å². The molecule has 0 amide bonds. The van der Waals surface area contributed by atoms with Crippen LogP contribution in [0.2, 0.25) is 0 Å². The summed E-state index contributed by atoms with van der Waals surface area (Å²) in [5, 5.41) is 9.65. The Kier molecular flexibility index (Phi) is 2.58. The molecule has 2 nitrogen and oxygen atoms in total. The summed E-state index contributed by atoms with van der Waals surface area (Å²) in [6.45, 7) is 0. The molecule has 2 aromatic rings. The molecule has 0 fully saturated rings. The van der Waals surface area contributed by atoms with Crippen molar-refractivity contribution in [1.29, 1.82) is 0 Å². The molecule has 21 heavy (non-hydrogen) atoms. The summed E-state index contributed by atoms with van der Waals surface area (Å²) in [5.74, 6) is -0.833. The zero-order chi connectivity index (χ0) is 14.4. The third kappa shape index (κ3) is 1.76. The van der Waals surface area contributed by atoms with E-state index in [9.17, 15) is 9.90 Å². The summed E-state index contributed by atoms with van der Waals surface area (Å²) in [4.78, 5) is 11.8. The van der Waals surface area contributed by atoms with Gasteiger partial charge in [-0.3, -0.25) is 0 Å². The number of aliphatic carboxylic acids is 1. The summed E-state index contributed by atoms with van der Waals surface area (Å²) >= 11 is 0. The Hall–Kier alpha value is -2.61. The van der Waals surface area contributed by atoms with Gasteiger partial charge < -0.3 is 5.11 Å². The molecule has 0 radical (unpaired) electrons. The highest BCUT2D eigenvalue weighted by Gasteiger charge is 2.30. The fraction of sp³-hybridized carbons (Fsp3) is 0.105. The van der Waals surface area contributed by atoms with Crippen LogP contribution >= 0.6 is 0 Å². The molecule has 0 unspecified atom stereocenters. The van der Waals surface area contributed by atoms with Crippen LogP contribution < -0.4 is 0 Å². The van der Waals surface area contributed by atoms with Gasteiger partial charge in [-0.25, -0.2) is 4.79 Å². The SMILES string of the molecule is O=C(O)C1=C(C2=CCc3ccccc32)Cc2ccccc21. The molecule has 2 aromatic carbocycles. The monoisotopic (exact) mass is 274 g/mol. The van der Waals surface area contributed by atoms with Crippen molar-refractivity contribution in [3.8, 4) is 0 Å². The number of hydrogen-bond acceptors (Lipinski definition) is 1. The Balaban J connectivity index is 1.90. The van der Waals surface area contributed by atoms with Gasteiger partial charge in [0.25, 0.3) is 0 Å². The zero-order valence-electron chi connectivity index (χ0n) is 11.5. The van der Waals surface area contributed by atoms with Crippen LogP contribution in [0.15, 0.2) is 60.2 Å². The van der Waals surface area contributed by atoms with Crippen molar-refractivity contribution in [2.45, 2.75) is 12.8 Å². The van der Waals surface area contributed by atoms with E-state index in [-0.39, 0.29) is 0 Å². The van der Waals surface area contributed by atoms with Gasteiger partial charge in [-0.2, -0.15) is 0 Å². The molecule has 0 saturated heterocycles. The van der Waals surface area contributed by atoms with Crippen molar-refractivity contribution in [3.05, 3.63) is 82.4 Å². The van der Waals surface area contributed by atoms with Gasteiger partial charge in [0.2, 0.25) is 0 Å². The second kappa shape index (κ2) is 4.45. The zero-order valence-corrected chi connectivity index (χ0v) is 11.5. The van der Waals surface area contributed by atoms with Crippen molar-refractivity contribution < 1.29 is 9.90 Å². The lowest BCUT2D eigenvalue weighted by molar-refractivity contribution is -0.130. The molecule has 4 rings (SSSR count). The molecule has 0 aliphatic heterocycles. The van der Waals surface area contributed by atoms with Gasteiger partial charge in [0.1, 0.15) is 0 Å². The molecule has 1 N–H and O–H groups in total. The second-order valence-electron chi connectivity index (χ2n) is 5.47. The van der Waals surface area contributed by atoms with Crippen LogP contribution in [0.3, 0.4) is 0 Å². The maximum atomic E-state index is 11.8. The highest BCUT2D eigenvalue weighted by Crippen LogP contribution is 2.42. The van der Waals surface area contributed by atoms with E-state index in [0.717, 1.165) is 28.7 Å². The Morgan fingerprint density at radius 1 is 0.905 bits per heavy atom. The quantitative estimate of drug-likeness (QED) is 0.906. The minimum absolute atomic E-state index is 0.466. The summed E-state index contributed by atoms with van der Waals surface area (Å²) < 4.78 is 0. The topological polar surface area (TPSA) is 37.3 Å². The van der Waals surface area contributed by atoms with Crippen molar-refractivity contribution in [1.82, 2.24) is 0 Å². The van der Waals surface area contributed by atoms with Gasteiger partial charge in [0.15, 0.2) is 0 Å².